The van der Waals surface area contributed by atoms with Crippen LogP contribution in [0.4, 0.5) is 10.5 Å². The lowest BCUT2D eigenvalue weighted by molar-refractivity contribution is -0.117. The summed E-state index contributed by atoms with van der Waals surface area (Å²) in [7, 11) is 1.62. The van der Waals surface area contributed by atoms with Gasteiger partial charge in [-0.2, -0.15) is 0 Å². The number of nitrogens with one attached hydrogen (secondary N) is 1. The van der Waals surface area contributed by atoms with Crippen molar-refractivity contribution in [2.24, 2.45) is 0 Å². The molecule has 3 amide bonds. The van der Waals surface area contributed by atoms with Crippen LogP contribution in [0.5, 0.6) is 5.75 Å². The Morgan fingerprint density at radius 2 is 2.04 bits per heavy atom. The summed E-state index contributed by atoms with van der Waals surface area (Å²) < 4.78 is 5.15. The molecule has 1 aromatic carbocycles. The second-order valence-corrected chi connectivity index (χ2v) is 6.80. The van der Waals surface area contributed by atoms with Crippen molar-refractivity contribution in [1.29, 1.82) is 0 Å². The molecule has 0 saturated carbocycles. The maximum Gasteiger partial charge on any atom is 0.317 e. The summed E-state index contributed by atoms with van der Waals surface area (Å²) in [5, 5.41) is 3.07. The number of piperidine rings is 1. The highest BCUT2D eigenvalue weighted by atomic mass is 16.5. The number of urea groups is 1. The molecule has 0 aliphatic carbocycles. The van der Waals surface area contributed by atoms with Crippen molar-refractivity contribution in [3.63, 3.8) is 0 Å². The molecule has 2 heterocycles. The van der Waals surface area contributed by atoms with E-state index < -0.39 is 0 Å². The van der Waals surface area contributed by atoms with E-state index in [1.165, 1.54) is 6.42 Å². The number of hydrogen-bond donors (Lipinski definition) is 1. The fourth-order valence-corrected chi connectivity index (χ4v) is 3.77. The van der Waals surface area contributed by atoms with Gasteiger partial charge in [-0.3, -0.25) is 4.79 Å². The van der Waals surface area contributed by atoms with Crippen molar-refractivity contribution in [2.45, 2.75) is 51.1 Å². The average Bonchev–Trinajstić information content (AvgIpc) is 3.01. The maximum absolute atomic E-state index is 12.6. The zero-order valence-corrected chi connectivity index (χ0v) is 15.0. The second-order valence-electron chi connectivity index (χ2n) is 6.80. The van der Waals surface area contributed by atoms with Crippen molar-refractivity contribution in [2.75, 3.05) is 25.1 Å². The molecule has 1 aromatic rings. The Morgan fingerprint density at radius 3 is 2.72 bits per heavy atom. The second kappa shape index (κ2) is 7.76. The van der Waals surface area contributed by atoms with Crippen LogP contribution in [0.3, 0.4) is 0 Å². The van der Waals surface area contributed by atoms with Crippen LogP contribution in [0.1, 0.15) is 39.0 Å². The lowest BCUT2D eigenvalue weighted by Gasteiger charge is -2.35. The van der Waals surface area contributed by atoms with Crippen LogP contribution in [0, 0.1) is 0 Å². The van der Waals surface area contributed by atoms with Crippen LogP contribution in [0.15, 0.2) is 24.3 Å². The Bertz CT molecular complexity index is 617. The van der Waals surface area contributed by atoms with Gasteiger partial charge in [0, 0.05) is 31.2 Å². The molecule has 25 heavy (non-hydrogen) atoms. The lowest BCUT2D eigenvalue weighted by Crippen LogP contribution is -2.51. The Labute approximate surface area is 149 Å². The zero-order chi connectivity index (χ0) is 17.8. The Hall–Kier alpha value is -2.24. The number of carbonyl (C=O) groups excluding carboxylic acids is 2. The summed E-state index contributed by atoms with van der Waals surface area (Å²) in [4.78, 5) is 28.7. The minimum Gasteiger partial charge on any atom is -0.497 e. The maximum atomic E-state index is 12.6. The molecule has 0 unspecified atom stereocenters. The molecule has 6 heteroatoms. The van der Waals surface area contributed by atoms with Gasteiger partial charge < -0.3 is 19.9 Å². The van der Waals surface area contributed by atoms with Crippen LogP contribution >= 0.6 is 0 Å². The zero-order valence-electron chi connectivity index (χ0n) is 15.0. The molecule has 6 nitrogen and oxygen atoms in total. The largest absolute Gasteiger partial charge is 0.497 e. The third-order valence-corrected chi connectivity index (χ3v) is 5.20. The van der Waals surface area contributed by atoms with Crippen LogP contribution in [-0.2, 0) is 4.79 Å². The van der Waals surface area contributed by atoms with Gasteiger partial charge in [-0.1, -0.05) is 6.92 Å². The minimum atomic E-state index is -0.137. The number of ether oxygens (including phenoxy) is 1. The van der Waals surface area contributed by atoms with Crippen molar-refractivity contribution >= 4 is 17.6 Å². The highest BCUT2D eigenvalue weighted by Gasteiger charge is 2.34. The number of benzene rings is 1. The van der Waals surface area contributed by atoms with Crippen molar-refractivity contribution in [1.82, 2.24) is 10.2 Å². The molecule has 2 fully saturated rings. The summed E-state index contributed by atoms with van der Waals surface area (Å²) in [6.45, 7) is 3.45. The van der Waals surface area contributed by atoms with E-state index >= 15 is 0 Å². The number of hydrogen-bond acceptors (Lipinski definition) is 3. The van der Waals surface area contributed by atoms with E-state index in [0.29, 0.717) is 19.0 Å². The number of methoxy groups -OCH3 is 1. The van der Waals surface area contributed by atoms with Gasteiger partial charge in [0.15, 0.2) is 0 Å². The predicted octanol–water partition coefficient (Wildman–Crippen LogP) is 2.77. The molecule has 3 rings (SSSR count). The first-order chi connectivity index (χ1) is 12.1. The molecule has 2 aliphatic heterocycles. The first kappa shape index (κ1) is 17.6. The standard InChI is InChI=1S/C19H27N3O3/c1-3-15-6-4-5-11-21(15)19(24)20-14-12-18(23)22(13-14)16-7-9-17(25-2)10-8-16/h7-10,14-15H,3-6,11-13H2,1-2H3,(H,20,24)/t14-,15-/m0/s1. The van der Waals surface area contributed by atoms with Crippen molar-refractivity contribution in [3.8, 4) is 5.75 Å². The molecule has 2 aliphatic rings. The van der Waals surface area contributed by atoms with Crippen LogP contribution in [0.25, 0.3) is 0 Å². The summed E-state index contributed by atoms with van der Waals surface area (Å²) in [5.74, 6) is 0.803. The molecular formula is C19H27N3O3. The first-order valence-corrected chi connectivity index (χ1v) is 9.14. The molecule has 2 atom stereocenters. The first-order valence-electron chi connectivity index (χ1n) is 9.14. The number of anilines is 1. The van der Waals surface area contributed by atoms with Gasteiger partial charge >= 0.3 is 6.03 Å². The molecule has 136 valence electrons. The predicted molar refractivity (Wildman–Crippen MR) is 96.9 cm³/mol. The van der Waals surface area contributed by atoms with Gasteiger partial charge in [-0.05, 0) is 49.9 Å². The lowest BCUT2D eigenvalue weighted by atomic mass is 10.0. The number of rotatable bonds is 4. The normalized spacial score (nSPS) is 23.7. The highest BCUT2D eigenvalue weighted by Crippen LogP contribution is 2.25. The number of likely N-dealkylation sites (tertiary alicyclic amines) is 1. The number of nitrogens with zero attached hydrogens (tertiary/aromatic N) is 2. The Morgan fingerprint density at radius 1 is 1.28 bits per heavy atom. The van der Waals surface area contributed by atoms with E-state index in [9.17, 15) is 9.59 Å². The minimum absolute atomic E-state index is 0.0269. The molecule has 0 radical (unpaired) electrons. The Balaban J connectivity index is 1.61. The average molecular weight is 345 g/mol. The summed E-state index contributed by atoms with van der Waals surface area (Å²) >= 11 is 0. The summed E-state index contributed by atoms with van der Waals surface area (Å²) in [6, 6.07) is 7.59. The van der Waals surface area contributed by atoms with Gasteiger partial charge in [0.25, 0.3) is 0 Å². The third-order valence-electron chi connectivity index (χ3n) is 5.20. The quantitative estimate of drug-likeness (QED) is 0.913. The van der Waals surface area contributed by atoms with Crippen LogP contribution in [-0.4, -0.2) is 49.1 Å². The number of amides is 3. The van der Waals surface area contributed by atoms with E-state index in [4.69, 9.17) is 4.74 Å². The number of carbonyl (C=O) groups is 2. The van der Waals surface area contributed by atoms with Crippen molar-refractivity contribution in [3.05, 3.63) is 24.3 Å². The monoisotopic (exact) mass is 345 g/mol. The van der Waals surface area contributed by atoms with E-state index in [1.807, 2.05) is 29.2 Å². The van der Waals surface area contributed by atoms with Gasteiger partial charge in [-0.25, -0.2) is 4.79 Å². The van der Waals surface area contributed by atoms with Crippen LogP contribution in [0.2, 0.25) is 0 Å². The SMILES string of the molecule is CC[C@H]1CCCCN1C(=O)N[C@H]1CC(=O)N(c2ccc(OC)cc2)C1. The van der Waals surface area contributed by atoms with E-state index in [0.717, 1.165) is 37.2 Å². The molecule has 0 bridgehead atoms. The molecule has 2 saturated heterocycles. The van der Waals surface area contributed by atoms with Crippen molar-refractivity contribution < 1.29 is 14.3 Å². The topological polar surface area (TPSA) is 61.9 Å². The Kier molecular flexibility index (Phi) is 5.46. The highest BCUT2D eigenvalue weighted by molar-refractivity contribution is 5.96. The smallest absolute Gasteiger partial charge is 0.317 e. The molecule has 0 spiro atoms. The molecule has 1 N–H and O–H groups in total. The summed E-state index contributed by atoms with van der Waals surface area (Å²) in [5.41, 5.74) is 0.840. The van der Waals surface area contributed by atoms with E-state index in [1.54, 1.807) is 12.0 Å². The van der Waals surface area contributed by atoms with Gasteiger partial charge in [0.2, 0.25) is 5.91 Å². The van der Waals surface area contributed by atoms with Gasteiger partial charge in [0.05, 0.1) is 13.2 Å². The summed E-state index contributed by atoms with van der Waals surface area (Å²) in [6.07, 6.45) is 4.66. The fourth-order valence-electron chi connectivity index (χ4n) is 3.77. The van der Waals surface area contributed by atoms with Gasteiger partial charge in [0.1, 0.15) is 5.75 Å². The van der Waals surface area contributed by atoms with Crippen LogP contribution < -0.4 is 15.0 Å². The van der Waals surface area contributed by atoms with Gasteiger partial charge in [-0.15, -0.1) is 0 Å². The third kappa shape index (κ3) is 3.89. The fraction of sp³-hybridized carbons (Fsp3) is 0.579. The van der Waals surface area contributed by atoms with E-state index in [-0.39, 0.29) is 18.0 Å². The molecular weight excluding hydrogens is 318 g/mol. The van der Waals surface area contributed by atoms with E-state index in [2.05, 4.69) is 12.2 Å². The molecule has 0 aromatic heterocycles.